The number of benzene rings is 1. The molecule has 7 aromatic rings. The van der Waals surface area contributed by atoms with Crippen molar-refractivity contribution >= 4 is 34.4 Å². The van der Waals surface area contributed by atoms with Gasteiger partial charge in [0.1, 0.15) is 11.4 Å². The fourth-order valence-electron chi connectivity index (χ4n) is 5.73. The van der Waals surface area contributed by atoms with E-state index in [0.717, 1.165) is 55.2 Å². The minimum atomic E-state index is -0.622. The lowest BCUT2D eigenvalue weighted by Crippen LogP contribution is -2.15. The van der Waals surface area contributed by atoms with E-state index in [1.807, 2.05) is 30.3 Å². The highest BCUT2D eigenvalue weighted by Crippen LogP contribution is 2.35. The monoisotopic (exact) mass is 738 g/mol. The summed E-state index contributed by atoms with van der Waals surface area (Å²) in [6.07, 6.45) is 15.5. The van der Waals surface area contributed by atoms with Crippen molar-refractivity contribution in [3.8, 4) is 45.0 Å². The standard InChI is InChI=1S/C22H16FN5O.C18H13F2N5O/c23-17-11-24-8-7-16(17)21-20(15-9-14-3-1-2-4-18(14)25-10-15)27-19(12-26-21)28-22(29)13-5-6-13;19-13-7-21-5-3-11(13)16-17(12-4-6-22-8-14(12)20)24-15(9-23-16)25-18(26)10-1-2-10/h1-4,7-13H,5-6H2,(H,27,28,29);3-10H,1-2H2,(H,24,25,26). The molecule has 0 spiro atoms. The highest BCUT2D eigenvalue weighted by atomic mass is 19.1. The van der Waals surface area contributed by atoms with Crippen LogP contribution in [0, 0.1) is 29.3 Å². The summed E-state index contributed by atoms with van der Waals surface area (Å²) >= 11 is 0. The lowest BCUT2D eigenvalue weighted by atomic mass is 10.0. The van der Waals surface area contributed by atoms with Gasteiger partial charge in [0.25, 0.3) is 0 Å². The van der Waals surface area contributed by atoms with Crippen LogP contribution in [0.15, 0.2) is 104 Å². The number of nitrogens with zero attached hydrogens (tertiary/aromatic N) is 8. The average molecular weight is 739 g/mol. The molecule has 6 aromatic heterocycles. The first kappa shape index (κ1) is 35.0. The number of pyridine rings is 4. The maximum Gasteiger partial charge on any atom is 0.228 e. The molecule has 0 saturated heterocycles. The maximum absolute atomic E-state index is 14.4. The van der Waals surface area contributed by atoms with E-state index < -0.39 is 17.5 Å². The first-order valence-electron chi connectivity index (χ1n) is 17.3. The van der Waals surface area contributed by atoms with E-state index in [1.165, 1.54) is 43.1 Å². The lowest BCUT2D eigenvalue weighted by Gasteiger charge is -2.12. The smallest absolute Gasteiger partial charge is 0.228 e. The van der Waals surface area contributed by atoms with E-state index in [1.54, 1.807) is 12.3 Å². The Labute approximate surface area is 311 Å². The predicted molar refractivity (Wildman–Crippen MR) is 197 cm³/mol. The van der Waals surface area contributed by atoms with Gasteiger partial charge in [0.15, 0.2) is 29.1 Å². The van der Waals surface area contributed by atoms with Crippen molar-refractivity contribution in [3.05, 3.63) is 122 Å². The van der Waals surface area contributed by atoms with Crippen LogP contribution in [0.5, 0.6) is 0 Å². The first-order valence-corrected chi connectivity index (χ1v) is 17.3. The number of halogens is 3. The van der Waals surface area contributed by atoms with Crippen LogP contribution in [-0.2, 0) is 9.59 Å². The van der Waals surface area contributed by atoms with Crippen LogP contribution in [0.25, 0.3) is 55.9 Å². The van der Waals surface area contributed by atoms with Crippen molar-refractivity contribution in [2.75, 3.05) is 10.6 Å². The van der Waals surface area contributed by atoms with E-state index in [0.29, 0.717) is 22.8 Å². The molecule has 2 fully saturated rings. The first-order chi connectivity index (χ1) is 26.8. The van der Waals surface area contributed by atoms with E-state index in [9.17, 15) is 22.8 Å². The predicted octanol–water partition coefficient (Wildman–Crippen LogP) is 7.47. The number of aromatic nitrogens is 8. The summed E-state index contributed by atoms with van der Waals surface area (Å²) in [7, 11) is 0. The van der Waals surface area contributed by atoms with Crippen molar-refractivity contribution < 1.29 is 22.8 Å². The third-order valence-corrected chi connectivity index (χ3v) is 8.89. The van der Waals surface area contributed by atoms with Gasteiger partial charge < -0.3 is 10.6 Å². The quantitative estimate of drug-likeness (QED) is 0.160. The molecule has 0 unspecified atom stereocenters. The molecule has 6 heterocycles. The Bertz CT molecular complexity index is 2580. The van der Waals surface area contributed by atoms with Crippen LogP contribution in [0.3, 0.4) is 0 Å². The highest BCUT2D eigenvalue weighted by Gasteiger charge is 2.31. The van der Waals surface area contributed by atoms with Crippen molar-refractivity contribution in [2.24, 2.45) is 11.8 Å². The van der Waals surface area contributed by atoms with Crippen molar-refractivity contribution in [1.82, 2.24) is 39.9 Å². The molecule has 0 atom stereocenters. The van der Waals surface area contributed by atoms with Gasteiger partial charge in [-0.15, -0.1) is 0 Å². The molecule has 272 valence electrons. The number of carbonyl (C=O) groups is 2. The van der Waals surface area contributed by atoms with E-state index in [-0.39, 0.29) is 57.5 Å². The molecule has 0 aliphatic heterocycles. The molecule has 2 aliphatic rings. The van der Waals surface area contributed by atoms with Crippen molar-refractivity contribution in [2.45, 2.75) is 25.7 Å². The summed E-state index contributed by atoms with van der Waals surface area (Å²) in [6, 6.07) is 14.1. The fraction of sp³-hybridized carbons (Fsp3) is 0.150. The number of carbonyl (C=O) groups excluding carboxylic acids is 2. The molecule has 1 aromatic carbocycles. The number of para-hydroxylation sites is 1. The molecule has 15 heteroatoms. The van der Waals surface area contributed by atoms with E-state index >= 15 is 0 Å². The fourth-order valence-corrected chi connectivity index (χ4v) is 5.73. The lowest BCUT2D eigenvalue weighted by molar-refractivity contribution is -0.118. The topological polar surface area (TPSA) is 161 Å². The molecule has 2 saturated carbocycles. The Balaban J connectivity index is 0.000000156. The summed E-state index contributed by atoms with van der Waals surface area (Å²) in [5, 5.41) is 6.41. The Morgan fingerprint density at radius 3 is 1.53 bits per heavy atom. The number of hydrogen-bond acceptors (Lipinski definition) is 10. The molecular weight excluding hydrogens is 710 g/mol. The minimum Gasteiger partial charge on any atom is -0.309 e. The molecule has 0 radical (unpaired) electrons. The van der Waals surface area contributed by atoms with Crippen LogP contribution >= 0.6 is 0 Å². The zero-order valence-corrected chi connectivity index (χ0v) is 28.8. The van der Waals surface area contributed by atoms with E-state index in [4.69, 9.17) is 0 Å². The largest absolute Gasteiger partial charge is 0.309 e. The number of fused-ring (bicyclic) bond motifs is 1. The van der Waals surface area contributed by atoms with Gasteiger partial charge in [-0.3, -0.25) is 29.5 Å². The van der Waals surface area contributed by atoms with Gasteiger partial charge in [0, 0.05) is 64.3 Å². The summed E-state index contributed by atoms with van der Waals surface area (Å²) in [5.74, 6) is -1.39. The van der Waals surface area contributed by atoms with Crippen LogP contribution in [0.1, 0.15) is 25.7 Å². The third-order valence-electron chi connectivity index (χ3n) is 8.89. The second-order valence-electron chi connectivity index (χ2n) is 12.9. The Morgan fingerprint density at radius 2 is 1.02 bits per heavy atom. The molecule has 12 nitrogen and oxygen atoms in total. The Kier molecular flexibility index (Phi) is 9.64. The SMILES string of the molecule is O=C(Nc1cnc(-c2ccncc2F)c(-c2ccncc2F)n1)C1CC1.O=C(Nc1cnc(-c2ccncc2F)c(-c2cnc3ccccc3c2)n1)C1CC1. The van der Waals surface area contributed by atoms with Gasteiger partial charge in [-0.05, 0) is 56.0 Å². The van der Waals surface area contributed by atoms with Gasteiger partial charge >= 0.3 is 0 Å². The Hall–Kier alpha value is -7.03. The Morgan fingerprint density at radius 1 is 0.545 bits per heavy atom. The normalized spacial score (nSPS) is 13.4. The van der Waals surface area contributed by atoms with Crippen LogP contribution in [0.4, 0.5) is 24.8 Å². The second-order valence-corrected chi connectivity index (χ2v) is 12.9. The molecular formula is C40H29F3N10O2. The van der Waals surface area contributed by atoms with Gasteiger partial charge in [-0.1, -0.05) is 18.2 Å². The summed E-state index contributed by atoms with van der Waals surface area (Å²) < 4.78 is 42.9. The third kappa shape index (κ3) is 7.85. The molecule has 55 heavy (non-hydrogen) atoms. The van der Waals surface area contributed by atoms with Crippen LogP contribution in [-0.4, -0.2) is 51.7 Å². The second kappa shape index (κ2) is 15.1. The summed E-state index contributed by atoms with van der Waals surface area (Å²) in [4.78, 5) is 57.4. The highest BCUT2D eigenvalue weighted by molar-refractivity contribution is 5.95. The summed E-state index contributed by atoms with van der Waals surface area (Å²) in [6.45, 7) is 0. The summed E-state index contributed by atoms with van der Waals surface area (Å²) in [5.41, 5.74) is 3.15. The van der Waals surface area contributed by atoms with Gasteiger partial charge in [-0.25, -0.2) is 33.1 Å². The minimum absolute atomic E-state index is 0.0183. The molecule has 2 amide bonds. The van der Waals surface area contributed by atoms with Crippen LogP contribution < -0.4 is 10.6 Å². The zero-order chi connectivity index (χ0) is 37.9. The average Bonchev–Trinajstić information content (AvgIpc) is 4.13. The molecule has 2 N–H and O–H groups in total. The molecule has 9 rings (SSSR count). The maximum atomic E-state index is 14.4. The number of amides is 2. The van der Waals surface area contributed by atoms with Crippen LogP contribution in [0.2, 0.25) is 0 Å². The van der Waals surface area contributed by atoms with Gasteiger partial charge in [0.2, 0.25) is 11.8 Å². The zero-order valence-electron chi connectivity index (χ0n) is 28.8. The number of rotatable bonds is 8. The van der Waals surface area contributed by atoms with E-state index in [2.05, 4.69) is 50.5 Å². The molecule has 2 aliphatic carbocycles. The number of anilines is 2. The van der Waals surface area contributed by atoms with Crippen molar-refractivity contribution in [3.63, 3.8) is 0 Å². The van der Waals surface area contributed by atoms with Gasteiger partial charge in [-0.2, -0.15) is 0 Å². The number of hydrogen-bond donors (Lipinski definition) is 2. The molecule has 0 bridgehead atoms. The van der Waals surface area contributed by atoms with Gasteiger partial charge in [0.05, 0.1) is 47.9 Å². The van der Waals surface area contributed by atoms with Crippen molar-refractivity contribution in [1.29, 1.82) is 0 Å². The number of nitrogens with one attached hydrogen (secondary N) is 2.